The first-order valence-corrected chi connectivity index (χ1v) is 11.1. The van der Waals surface area contributed by atoms with E-state index < -0.39 is 11.8 Å². The van der Waals surface area contributed by atoms with Crippen LogP contribution in [0.25, 0.3) is 0 Å². The molecule has 160 valence electrons. The third-order valence-corrected chi connectivity index (χ3v) is 6.64. The summed E-state index contributed by atoms with van der Waals surface area (Å²) in [5.41, 5.74) is 2.85. The van der Waals surface area contributed by atoms with E-state index in [9.17, 15) is 14.7 Å². The maximum atomic E-state index is 13.3. The number of carbonyl (C=O) groups is 2. The zero-order chi connectivity index (χ0) is 21.5. The molecule has 4 rings (SSSR count). The molecule has 0 saturated heterocycles. The summed E-state index contributed by atoms with van der Waals surface area (Å²) in [6.07, 6.45) is 6.27. The number of nitrogens with zero attached hydrogens (tertiary/aromatic N) is 1. The fraction of sp³-hybridized carbons (Fsp3) is 0.560. The molecule has 2 aliphatic carbocycles. The number of aliphatic imine (C=N–C) groups is 1. The largest absolute Gasteiger partial charge is 0.508 e. The van der Waals surface area contributed by atoms with E-state index >= 15 is 0 Å². The molecule has 0 bridgehead atoms. The topological polar surface area (TPSA) is 76.0 Å². The third kappa shape index (κ3) is 4.07. The van der Waals surface area contributed by atoms with Crippen LogP contribution in [0.5, 0.6) is 5.75 Å². The molecule has 3 aliphatic rings. The number of allylic oxidation sites excluding steroid dienone is 2. The van der Waals surface area contributed by atoms with Gasteiger partial charge in [-0.05, 0) is 62.1 Å². The minimum absolute atomic E-state index is 0.0455. The van der Waals surface area contributed by atoms with Gasteiger partial charge in [-0.25, -0.2) is 0 Å². The Morgan fingerprint density at radius 1 is 1.10 bits per heavy atom. The number of phenolic OH excluding ortho intramolecular Hbond substituents is 1. The number of phenols is 1. The van der Waals surface area contributed by atoms with Crippen molar-refractivity contribution in [3.8, 4) is 5.75 Å². The number of ether oxygens (including phenoxy) is 1. The first kappa shape index (κ1) is 20.8. The van der Waals surface area contributed by atoms with Crippen LogP contribution < -0.4 is 0 Å². The van der Waals surface area contributed by atoms with Gasteiger partial charge in [-0.3, -0.25) is 14.6 Å². The van der Waals surface area contributed by atoms with Gasteiger partial charge in [-0.15, -0.1) is 0 Å². The Balaban J connectivity index is 1.74. The summed E-state index contributed by atoms with van der Waals surface area (Å²) in [5.74, 6) is -1.10. The van der Waals surface area contributed by atoms with Crippen LogP contribution in [0.3, 0.4) is 0 Å². The molecule has 2 atom stereocenters. The van der Waals surface area contributed by atoms with Gasteiger partial charge in [0, 0.05) is 29.3 Å². The van der Waals surface area contributed by atoms with E-state index in [-0.39, 0.29) is 29.0 Å². The minimum Gasteiger partial charge on any atom is -0.508 e. The van der Waals surface area contributed by atoms with Gasteiger partial charge in [-0.1, -0.05) is 32.4 Å². The molecular weight excluding hydrogens is 378 g/mol. The molecule has 0 aromatic heterocycles. The normalized spacial score (nSPS) is 26.8. The highest BCUT2D eigenvalue weighted by Gasteiger charge is 2.46. The molecule has 5 heteroatoms. The fourth-order valence-corrected chi connectivity index (χ4v) is 5.21. The lowest BCUT2D eigenvalue weighted by Crippen LogP contribution is -2.40. The maximum absolute atomic E-state index is 13.3. The molecule has 1 aromatic carbocycles. The number of hydrogen-bond acceptors (Lipinski definition) is 5. The number of carbonyl (C=O) groups excluding carboxylic acids is 2. The van der Waals surface area contributed by atoms with E-state index in [0.29, 0.717) is 24.1 Å². The Morgan fingerprint density at radius 3 is 2.43 bits per heavy atom. The fourth-order valence-electron chi connectivity index (χ4n) is 5.21. The van der Waals surface area contributed by atoms with Crippen molar-refractivity contribution in [3.05, 3.63) is 41.1 Å². The number of rotatable bonds is 3. The van der Waals surface area contributed by atoms with E-state index in [2.05, 4.69) is 13.8 Å². The molecule has 30 heavy (non-hydrogen) atoms. The molecule has 5 nitrogen and oxygen atoms in total. The van der Waals surface area contributed by atoms with Gasteiger partial charge in [0.1, 0.15) is 17.8 Å². The zero-order valence-corrected chi connectivity index (χ0v) is 18.1. The molecule has 1 aliphatic heterocycles. The number of hydrogen-bond donors (Lipinski definition) is 1. The summed E-state index contributed by atoms with van der Waals surface area (Å²) in [7, 11) is 0. The number of benzene rings is 1. The van der Waals surface area contributed by atoms with Crippen molar-refractivity contribution in [1.82, 2.24) is 0 Å². The number of ketones is 1. The van der Waals surface area contributed by atoms with Gasteiger partial charge in [-0.2, -0.15) is 0 Å². The predicted molar refractivity (Wildman–Crippen MR) is 115 cm³/mol. The Kier molecular flexibility index (Phi) is 5.56. The molecule has 1 saturated carbocycles. The van der Waals surface area contributed by atoms with Crippen LogP contribution in [0, 0.1) is 11.3 Å². The van der Waals surface area contributed by atoms with Crippen molar-refractivity contribution in [2.75, 3.05) is 0 Å². The summed E-state index contributed by atoms with van der Waals surface area (Å²) in [5, 5.41) is 9.76. The molecule has 0 spiro atoms. The van der Waals surface area contributed by atoms with E-state index in [1.165, 1.54) is 6.42 Å². The van der Waals surface area contributed by atoms with Gasteiger partial charge in [0.2, 0.25) is 0 Å². The molecule has 1 unspecified atom stereocenters. The average molecular weight is 410 g/mol. The third-order valence-electron chi connectivity index (χ3n) is 6.64. The Morgan fingerprint density at radius 2 is 1.77 bits per heavy atom. The zero-order valence-electron chi connectivity index (χ0n) is 18.1. The van der Waals surface area contributed by atoms with E-state index in [0.717, 1.165) is 36.9 Å². The first-order valence-electron chi connectivity index (χ1n) is 11.1. The molecule has 1 fully saturated rings. The van der Waals surface area contributed by atoms with Crippen molar-refractivity contribution in [1.29, 1.82) is 0 Å². The molecule has 1 aromatic rings. The molecular formula is C25H31NO4. The maximum Gasteiger partial charge on any atom is 0.315 e. The van der Waals surface area contributed by atoms with Gasteiger partial charge in [0.05, 0.1) is 0 Å². The summed E-state index contributed by atoms with van der Waals surface area (Å²) >= 11 is 0. The van der Waals surface area contributed by atoms with Crippen LogP contribution in [-0.2, 0) is 14.3 Å². The van der Waals surface area contributed by atoms with Crippen molar-refractivity contribution < 1.29 is 19.4 Å². The van der Waals surface area contributed by atoms with Crippen LogP contribution >= 0.6 is 0 Å². The number of Topliss-reactive ketones (excluding diaryl/α,β-unsaturated/α-hetero) is 1. The molecule has 0 amide bonds. The second kappa shape index (κ2) is 8.01. The van der Waals surface area contributed by atoms with Crippen molar-refractivity contribution >= 4 is 17.5 Å². The van der Waals surface area contributed by atoms with Crippen LogP contribution in [0.1, 0.15) is 77.2 Å². The summed E-state index contributed by atoms with van der Waals surface area (Å²) in [6, 6.07) is 6.82. The summed E-state index contributed by atoms with van der Waals surface area (Å²) < 4.78 is 5.93. The average Bonchev–Trinajstić information content (AvgIpc) is 2.67. The van der Waals surface area contributed by atoms with E-state index in [4.69, 9.17) is 9.73 Å². The number of aromatic hydroxyl groups is 1. The SMILES string of the molecule is CC1=NC2=C(C(=O)CC(C)(C)C2)[C@H](c2ccc(O)cc2)C1C(=O)OC1CCCCC1. The van der Waals surface area contributed by atoms with E-state index in [1.54, 1.807) is 24.3 Å². The Labute approximate surface area is 178 Å². The van der Waals surface area contributed by atoms with Crippen molar-refractivity contribution in [2.24, 2.45) is 16.3 Å². The quantitative estimate of drug-likeness (QED) is 0.706. The highest BCUT2D eigenvalue weighted by molar-refractivity contribution is 6.09. The van der Waals surface area contributed by atoms with Gasteiger partial charge in [0.15, 0.2) is 5.78 Å². The highest BCUT2D eigenvalue weighted by Crippen LogP contribution is 2.48. The van der Waals surface area contributed by atoms with Gasteiger partial charge in [0.25, 0.3) is 0 Å². The first-order chi connectivity index (χ1) is 14.2. The summed E-state index contributed by atoms with van der Waals surface area (Å²) in [4.78, 5) is 31.3. The van der Waals surface area contributed by atoms with Crippen molar-refractivity contribution in [3.63, 3.8) is 0 Å². The monoisotopic (exact) mass is 409 g/mol. The molecule has 0 radical (unpaired) electrons. The smallest absolute Gasteiger partial charge is 0.315 e. The Hall–Kier alpha value is -2.43. The van der Waals surface area contributed by atoms with Crippen LogP contribution in [0.15, 0.2) is 40.5 Å². The lowest BCUT2D eigenvalue weighted by Gasteiger charge is -2.39. The van der Waals surface area contributed by atoms with E-state index in [1.807, 2.05) is 6.92 Å². The van der Waals surface area contributed by atoms with Crippen molar-refractivity contribution in [2.45, 2.75) is 77.7 Å². The summed E-state index contributed by atoms with van der Waals surface area (Å²) in [6.45, 7) is 6.03. The molecule has 1 heterocycles. The second-order valence-electron chi connectivity index (χ2n) is 9.80. The van der Waals surface area contributed by atoms with Crippen LogP contribution in [0.2, 0.25) is 0 Å². The predicted octanol–water partition coefficient (Wildman–Crippen LogP) is 5.09. The lowest BCUT2D eigenvalue weighted by molar-refractivity contribution is -0.153. The minimum atomic E-state index is -0.611. The Bertz CT molecular complexity index is 904. The van der Waals surface area contributed by atoms with Gasteiger partial charge >= 0.3 is 5.97 Å². The van der Waals surface area contributed by atoms with Gasteiger partial charge < -0.3 is 9.84 Å². The highest BCUT2D eigenvalue weighted by atomic mass is 16.5. The standard InChI is InChI=1S/C25H31NO4/c1-15-21(24(29)30-18-7-5-4-6-8-18)22(16-9-11-17(27)12-10-16)23-19(26-15)13-25(2,3)14-20(23)28/h9-12,18,21-22,27H,4-8,13-14H2,1-3H3/t21?,22-/m1/s1. The van der Waals surface area contributed by atoms with Crippen LogP contribution in [0.4, 0.5) is 0 Å². The molecule has 1 N–H and O–H groups in total. The van der Waals surface area contributed by atoms with Crippen LogP contribution in [-0.4, -0.2) is 28.7 Å². The number of esters is 1. The second-order valence-corrected chi connectivity index (χ2v) is 9.80. The lowest BCUT2D eigenvalue weighted by atomic mass is 9.67.